The van der Waals surface area contributed by atoms with E-state index < -0.39 is 7.82 Å². The van der Waals surface area contributed by atoms with E-state index in [-0.39, 0.29) is 65.7 Å². The summed E-state index contributed by atoms with van der Waals surface area (Å²) in [4.78, 5) is 27.9. The van der Waals surface area contributed by atoms with Crippen LogP contribution in [-0.4, -0.2) is 54.0 Å². The van der Waals surface area contributed by atoms with Gasteiger partial charge >= 0.3 is 29.6 Å². The largest absolute Gasteiger partial charge is 1.00 e. The second-order valence-corrected chi connectivity index (χ2v) is 3.28. The summed E-state index contributed by atoms with van der Waals surface area (Å²) in [5, 5.41) is 2.40. The summed E-state index contributed by atoms with van der Waals surface area (Å²) in [6.45, 7) is 0.416. The van der Waals surface area contributed by atoms with Crippen molar-refractivity contribution in [3.8, 4) is 0 Å². The molecule has 0 aromatic rings. The van der Waals surface area contributed by atoms with Gasteiger partial charge in [0.25, 0.3) is 7.82 Å². The number of phosphoric ester groups is 1. The minimum atomic E-state index is -4.56. The maximum absolute atomic E-state index is 10.0. The quantitative estimate of drug-likeness (QED) is 0.203. The Morgan fingerprint density at radius 1 is 1.50 bits per heavy atom. The second-order valence-electron chi connectivity index (χ2n) is 2.08. The van der Waals surface area contributed by atoms with Crippen LogP contribution in [-0.2, 0) is 13.9 Å². The van der Waals surface area contributed by atoms with E-state index in [1.54, 1.807) is 0 Å². The van der Waals surface area contributed by atoms with Gasteiger partial charge in [-0.15, -0.1) is 0 Å². The van der Waals surface area contributed by atoms with Crippen LogP contribution in [0.25, 0.3) is 0 Å². The molecule has 0 bridgehead atoms. The van der Waals surface area contributed by atoms with Crippen LogP contribution in [0.1, 0.15) is 12.8 Å². The van der Waals surface area contributed by atoms with Crippen molar-refractivity contribution in [2.75, 3.05) is 13.2 Å². The predicted octanol–water partition coefficient (Wildman–Crippen LogP) is -4.39. The fraction of sp³-hybridized carbons (Fsp3) is 0.800. The number of carbonyl (C=O) groups excluding carboxylic acids is 1. The zero-order valence-corrected chi connectivity index (χ0v) is 13.3. The molecule has 1 amide bonds. The van der Waals surface area contributed by atoms with E-state index in [4.69, 9.17) is 4.89 Å². The van der Waals surface area contributed by atoms with Crippen molar-refractivity contribution in [2.45, 2.75) is 12.8 Å². The minimum absolute atomic E-state index is 0. The molecule has 0 aromatic carbocycles. The fourth-order valence-electron chi connectivity index (χ4n) is 0.568. The summed E-state index contributed by atoms with van der Waals surface area (Å²) in [7, 11) is -4.56. The van der Waals surface area contributed by atoms with Crippen LogP contribution in [0.5, 0.6) is 0 Å². The average molecular weight is 242 g/mol. The van der Waals surface area contributed by atoms with E-state index in [2.05, 4.69) is 9.84 Å². The first-order valence-electron chi connectivity index (χ1n) is 3.41. The van der Waals surface area contributed by atoms with Crippen LogP contribution in [0.2, 0.25) is 0 Å². The van der Waals surface area contributed by atoms with E-state index in [0.717, 1.165) is 0 Å². The van der Waals surface area contributed by atoms with Gasteiger partial charge in [0, 0.05) is 36.1 Å². The molecule has 0 heterocycles. The van der Waals surface area contributed by atoms with Gasteiger partial charge in [0.05, 0.1) is 6.61 Å². The molecule has 0 saturated carbocycles. The van der Waals surface area contributed by atoms with Crippen LogP contribution in [0.4, 0.5) is 0 Å². The molecule has 0 aromatic heterocycles. The third-order valence-electron chi connectivity index (χ3n) is 1.05. The summed E-state index contributed by atoms with van der Waals surface area (Å²) in [6.07, 6.45) is 1.64. The van der Waals surface area contributed by atoms with E-state index in [1.165, 1.54) is 0 Å². The van der Waals surface area contributed by atoms with Crippen molar-refractivity contribution in [2.24, 2.45) is 0 Å². The van der Waals surface area contributed by atoms with Gasteiger partial charge in [-0.3, -0.25) is 9.36 Å². The maximum atomic E-state index is 10.0. The number of carbonyl (C=O) groups is 1. The first-order chi connectivity index (χ1) is 5.56. The molecule has 0 rings (SSSR count). The van der Waals surface area contributed by atoms with Gasteiger partial charge in [-0.05, 0) is 12.8 Å². The standard InChI is InChI=1S/C5H12NO5P.2Na/c7-5-6-3-1-2-4-11-12(8,9)10;;/h5H,1-4H2,(H,6,7)(H2,8,9,10);;/q;;+1/p-1. The molecule has 1 radical (unpaired) electrons. The molecule has 0 fully saturated rings. The third-order valence-corrected chi connectivity index (χ3v) is 1.56. The van der Waals surface area contributed by atoms with Gasteiger partial charge in [-0.2, -0.15) is 0 Å². The van der Waals surface area contributed by atoms with Crippen molar-refractivity contribution >= 4 is 43.8 Å². The van der Waals surface area contributed by atoms with E-state index in [0.29, 0.717) is 25.8 Å². The number of rotatable bonds is 7. The van der Waals surface area contributed by atoms with E-state index >= 15 is 0 Å². The second kappa shape index (κ2) is 12.6. The van der Waals surface area contributed by atoms with Crippen molar-refractivity contribution in [1.29, 1.82) is 0 Å². The van der Waals surface area contributed by atoms with E-state index in [9.17, 15) is 14.3 Å². The zero-order chi connectivity index (χ0) is 9.45. The van der Waals surface area contributed by atoms with Gasteiger partial charge in [0.2, 0.25) is 6.41 Å². The smallest absolute Gasteiger partial charge is 0.756 e. The topological polar surface area (TPSA) is 98.7 Å². The summed E-state index contributed by atoms with van der Waals surface area (Å²) in [5.74, 6) is 0. The van der Waals surface area contributed by atoms with Crippen LogP contribution < -0.4 is 39.8 Å². The monoisotopic (exact) mass is 242 g/mol. The number of unbranched alkanes of at least 4 members (excludes halogenated alkanes) is 1. The van der Waals surface area contributed by atoms with Gasteiger partial charge in [0.1, 0.15) is 0 Å². The van der Waals surface area contributed by atoms with Crippen molar-refractivity contribution in [3.05, 3.63) is 0 Å². The normalized spacial score (nSPS) is 13.0. The molecule has 73 valence electrons. The molecule has 0 aliphatic rings. The van der Waals surface area contributed by atoms with E-state index in [1.807, 2.05) is 0 Å². The zero-order valence-electron chi connectivity index (χ0n) is 8.43. The van der Waals surface area contributed by atoms with Crippen LogP contribution in [0.15, 0.2) is 0 Å². The molecule has 0 saturated heterocycles. The van der Waals surface area contributed by atoms with Crippen LogP contribution >= 0.6 is 7.82 Å². The third kappa shape index (κ3) is 19.2. The fourth-order valence-corrected chi connectivity index (χ4v) is 0.928. The van der Waals surface area contributed by atoms with Crippen molar-refractivity contribution in [1.82, 2.24) is 5.32 Å². The number of phosphoric acid groups is 1. The molecule has 14 heavy (non-hydrogen) atoms. The van der Waals surface area contributed by atoms with Crippen LogP contribution in [0.3, 0.4) is 0 Å². The number of hydrogen-bond donors (Lipinski definition) is 2. The number of hydrogen-bond acceptors (Lipinski definition) is 4. The molecule has 2 N–H and O–H groups in total. The molecular formula is C5H11NNa2O5P. The van der Waals surface area contributed by atoms with Crippen molar-refractivity contribution < 1.29 is 53.2 Å². The molecule has 0 aliphatic carbocycles. The predicted molar refractivity (Wildman–Crippen MR) is 44.8 cm³/mol. The van der Waals surface area contributed by atoms with Crippen LogP contribution in [0, 0.1) is 0 Å². The molecule has 9 heteroatoms. The maximum Gasteiger partial charge on any atom is 1.00 e. The van der Waals surface area contributed by atoms with Crippen molar-refractivity contribution in [3.63, 3.8) is 0 Å². The first-order valence-corrected chi connectivity index (χ1v) is 4.91. The molecule has 1 unspecified atom stereocenters. The minimum Gasteiger partial charge on any atom is -0.756 e. The first kappa shape index (κ1) is 20.9. The number of amides is 1. The molecule has 0 aliphatic heterocycles. The Morgan fingerprint density at radius 3 is 2.50 bits per heavy atom. The Morgan fingerprint density at radius 2 is 2.07 bits per heavy atom. The molecule has 0 spiro atoms. The average Bonchev–Trinajstić information content (AvgIpc) is 1.94. The van der Waals surface area contributed by atoms with Gasteiger partial charge in [-0.1, -0.05) is 0 Å². The molecule has 1 atom stereocenters. The van der Waals surface area contributed by atoms with Gasteiger partial charge in [-0.25, -0.2) is 0 Å². The Bertz CT molecular complexity index is 176. The summed E-state index contributed by atoms with van der Waals surface area (Å²) < 4.78 is 14.1. The van der Waals surface area contributed by atoms with Gasteiger partial charge in [0.15, 0.2) is 0 Å². The summed E-state index contributed by atoms with van der Waals surface area (Å²) in [5.41, 5.74) is 0. The molecular weight excluding hydrogens is 231 g/mol. The molecule has 6 nitrogen and oxygen atoms in total. The summed E-state index contributed by atoms with van der Waals surface area (Å²) >= 11 is 0. The summed E-state index contributed by atoms with van der Waals surface area (Å²) in [6, 6.07) is 0. The number of nitrogens with one attached hydrogen (secondary N) is 1. The van der Waals surface area contributed by atoms with Gasteiger partial charge < -0.3 is 19.6 Å². The Balaban J connectivity index is -0.000000605. The Kier molecular flexibility index (Phi) is 18.9. The Labute approximate surface area is 127 Å². The SMILES string of the molecule is O=CNCCCCOP(=O)([O-])O.[Na+].[Na]. The Hall–Kier alpha value is 1.58.